The molecule has 5 heteroatoms. The van der Waals surface area contributed by atoms with Crippen molar-refractivity contribution in [2.24, 2.45) is 0 Å². The van der Waals surface area contributed by atoms with E-state index < -0.39 is 0 Å². The summed E-state index contributed by atoms with van der Waals surface area (Å²) in [6.45, 7) is 0. The molecular weight excluding hydrogens is 375 g/mol. The number of hydrogen-bond donors (Lipinski definition) is 1. The van der Waals surface area contributed by atoms with Crippen LogP contribution in [0.5, 0.6) is 0 Å². The third-order valence-electron chi connectivity index (χ3n) is 3.59. The second kappa shape index (κ2) is 5.00. The maximum absolute atomic E-state index is 4.58. The molecule has 4 nitrogen and oxygen atoms in total. The molecule has 0 saturated carbocycles. The van der Waals surface area contributed by atoms with E-state index in [1.165, 1.54) is 0 Å². The first kappa shape index (κ1) is 12.6. The van der Waals surface area contributed by atoms with E-state index >= 15 is 0 Å². The van der Waals surface area contributed by atoms with Gasteiger partial charge in [0.25, 0.3) is 0 Å². The van der Waals surface area contributed by atoms with Gasteiger partial charge in [-0.1, -0.05) is 12.1 Å². The normalized spacial score (nSPS) is 11.1. The molecule has 4 aromatic rings. The Kier molecular flexibility index (Phi) is 2.99. The van der Waals surface area contributed by atoms with Crippen molar-refractivity contribution in [2.45, 2.75) is 0 Å². The lowest BCUT2D eigenvalue weighted by Crippen LogP contribution is -1.96. The van der Waals surface area contributed by atoms with Crippen LogP contribution in [0.3, 0.4) is 0 Å². The molecule has 0 bridgehead atoms. The van der Waals surface area contributed by atoms with E-state index in [1.54, 1.807) is 6.20 Å². The number of fused-ring (bicyclic) bond motifs is 2. The average molecular weight is 386 g/mol. The first-order valence-electron chi connectivity index (χ1n) is 6.54. The lowest BCUT2D eigenvalue weighted by atomic mass is 10.1. The first-order valence-corrected chi connectivity index (χ1v) is 7.61. The van der Waals surface area contributed by atoms with Gasteiger partial charge >= 0.3 is 0 Å². The Balaban J connectivity index is 1.98. The summed E-state index contributed by atoms with van der Waals surface area (Å²) in [5, 5.41) is 3.44. The molecule has 21 heavy (non-hydrogen) atoms. The van der Waals surface area contributed by atoms with E-state index in [0.717, 1.165) is 33.2 Å². The quantitative estimate of drug-likeness (QED) is 0.412. The second-order valence-corrected chi connectivity index (χ2v) is 5.32. The molecule has 0 aliphatic rings. The Bertz CT molecular complexity index is 945. The minimum absolute atomic E-state index is 0.893. The van der Waals surface area contributed by atoms with Gasteiger partial charge in [-0.25, -0.2) is 4.98 Å². The van der Waals surface area contributed by atoms with Gasteiger partial charge in [-0.15, -0.1) is 0 Å². The Morgan fingerprint density at radius 3 is 2.90 bits per heavy atom. The van der Waals surface area contributed by atoms with E-state index in [9.17, 15) is 0 Å². The van der Waals surface area contributed by atoms with Gasteiger partial charge in [-0.3, -0.25) is 9.55 Å². The van der Waals surface area contributed by atoms with Crippen LogP contribution in [0, 0.1) is 0 Å². The highest BCUT2D eigenvalue weighted by Gasteiger charge is 2.07. The molecule has 0 radical (unpaired) electrons. The SMILES string of the molecule is INc1cccc2cnc(-n3ccc4ccncc43)cc12. The predicted molar refractivity (Wildman–Crippen MR) is 94.0 cm³/mol. The molecule has 0 spiro atoms. The van der Waals surface area contributed by atoms with Crippen LogP contribution >= 0.6 is 22.9 Å². The van der Waals surface area contributed by atoms with E-state index in [4.69, 9.17) is 0 Å². The summed E-state index contributed by atoms with van der Waals surface area (Å²) < 4.78 is 5.26. The fourth-order valence-corrected chi connectivity index (χ4v) is 3.02. The molecule has 0 aliphatic carbocycles. The zero-order valence-corrected chi connectivity index (χ0v) is 13.2. The van der Waals surface area contributed by atoms with Gasteiger partial charge in [-0.05, 0) is 24.3 Å². The van der Waals surface area contributed by atoms with Crippen molar-refractivity contribution in [1.82, 2.24) is 14.5 Å². The molecule has 0 unspecified atom stereocenters. The van der Waals surface area contributed by atoms with Crippen molar-refractivity contribution in [1.29, 1.82) is 0 Å². The zero-order valence-electron chi connectivity index (χ0n) is 11.0. The fraction of sp³-hybridized carbons (Fsp3) is 0. The Hall–Kier alpha value is -2.15. The minimum Gasteiger partial charge on any atom is -0.328 e. The van der Waals surface area contributed by atoms with Crippen LogP contribution in [0.1, 0.15) is 0 Å². The summed E-state index contributed by atoms with van der Waals surface area (Å²) in [6, 6.07) is 12.3. The molecule has 0 fully saturated rings. The van der Waals surface area contributed by atoms with E-state index in [2.05, 4.69) is 65.2 Å². The molecule has 102 valence electrons. The molecule has 0 atom stereocenters. The summed E-state index contributed by atoms with van der Waals surface area (Å²) in [5.74, 6) is 0.893. The van der Waals surface area contributed by atoms with Crippen LogP contribution < -0.4 is 3.53 Å². The predicted octanol–water partition coefficient (Wildman–Crippen LogP) is 4.34. The van der Waals surface area contributed by atoms with Gasteiger partial charge in [0.2, 0.25) is 0 Å². The number of hydrogen-bond acceptors (Lipinski definition) is 3. The second-order valence-electron chi connectivity index (χ2n) is 4.78. The lowest BCUT2D eigenvalue weighted by molar-refractivity contribution is 1.05. The van der Waals surface area contributed by atoms with Crippen molar-refractivity contribution >= 4 is 50.2 Å². The molecule has 1 aromatic carbocycles. The maximum atomic E-state index is 4.58. The van der Waals surface area contributed by atoms with Crippen molar-refractivity contribution in [3.8, 4) is 5.82 Å². The molecule has 3 aromatic heterocycles. The summed E-state index contributed by atoms with van der Waals surface area (Å²) in [7, 11) is 0. The van der Waals surface area contributed by atoms with E-state index in [1.807, 2.05) is 30.7 Å². The largest absolute Gasteiger partial charge is 0.328 e. The van der Waals surface area contributed by atoms with Crippen LogP contribution in [0.2, 0.25) is 0 Å². The number of aromatic nitrogens is 3. The third-order valence-corrected chi connectivity index (χ3v) is 4.17. The van der Waals surface area contributed by atoms with E-state index in [-0.39, 0.29) is 0 Å². The van der Waals surface area contributed by atoms with Gasteiger partial charge in [-0.2, -0.15) is 0 Å². The van der Waals surface area contributed by atoms with Crippen LogP contribution in [-0.4, -0.2) is 14.5 Å². The van der Waals surface area contributed by atoms with E-state index in [0.29, 0.717) is 0 Å². The van der Waals surface area contributed by atoms with Crippen LogP contribution in [0.4, 0.5) is 5.69 Å². The molecule has 4 rings (SSSR count). The highest BCUT2D eigenvalue weighted by Crippen LogP contribution is 2.27. The molecule has 0 aliphatic heterocycles. The minimum atomic E-state index is 0.893. The number of nitrogens with zero attached hydrogens (tertiary/aromatic N) is 3. The Labute approximate surface area is 135 Å². The average Bonchev–Trinajstić information content (AvgIpc) is 2.98. The number of pyridine rings is 2. The Morgan fingerprint density at radius 1 is 1.05 bits per heavy atom. The summed E-state index contributed by atoms with van der Waals surface area (Å²) in [4.78, 5) is 8.79. The maximum Gasteiger partial charge on any atom is 0.137 e. The van der Waals surface area contributed by atoms with Crippen LogP contribution in [-0.2, 0) is 0 Å². The standard InChI is InChI=1S/C16H11IN4/c17-20-14-3-1-2-12-9-19-16(8-13(12)14)21-7-5-11-4-6-18-10-15(11)21/h1-10,20H. The summed E-state index contributed by atoms with van der Waals surface area (Å²) in [5.41, 5.74) is 2.15. The highest BCUT2D eigenvalue weighted by atomic mass is 127. The third kappa shape index (κ3) is 2.04. The number of nitrogens with one attached hydrogen (secondary N) is 1. The zero-order chi connectivity index (χ0) is 14.2. The van der Waals surface area contributed by atoms with Crippen molar-refractivity contribution in [2.75, 3.05) is 3.53 Å². The topological polar surface area (TPSA) is 42.7 Å². The summed E-state index contributed by atoms with van der Waals surface area (Å²) >= 11 is 2.15. The smallest absolute Gasteiger partial charge is 0.137 e. The van der Waals surface area contributed by atoms with Crippen molar-refractivity contribution in [3.63, 3.8) is 0 Å². The summed E-state index contributed by atoms with van der Waals surface area (Å²) in [6.07, 6.45) is 7.60. The van der Waals surface area contributed by atoms with Crippen LogP contribution in [0.25, 0.3) is 27.5 Å². The molecular formula is C16H11IN4. The van der Waals surface area contributed by atoms with Gasteiger partial charge in [0.1, 0.15) is 5.82 Å². The van der Waals surface area contributed by atoms with Gasteiger partial charge in [0.15, 0.2) is 0 Å². The van der Waals surface area contributed by atoms with Crippen molar-refractivity contribution < 1.29 is 0 Å². The Morgan fingerprint density at radius 2 is 2.00 bits per heavy atom. The molecule has 0 amide bonds. The van der Waals surface area contributed by atoms with Crippen molar-refractivity contribution in [3.05, 3.63) is 61.2 Å². The number of anilines is 1. The van der Waals surface area contributed by atoms with Gasteiger partial charge in [0.05, 0.1) is 40.3 Å². The molecule has 0 saturated heterocycles. The number of benzene rings is 1. The first-order chi connectivity index (χ1) is 10.4. The monoisotopic (exact) mass is 386 g/mol. The van der Waals surface area contributed by atoms with Gasteiger partial charge in [0, 0.05) is 34.7 Å². The molecule has 3 heterocycles. The molecule has 1 N–H and O–H groups in total. The number of rotatable bonds is 2. The van der Waals surface area contributed by atoms with Gasteiger partial charge < -0.3 is 3.53 Å². The lowest BCUT2D eigenvalue weighted by Gasteiger charge is -2.08. The highest BCUT2D eigenvalue weighted by molar-refractivity contribution is 14.1. The van der Waals surface area contributed by atoms with Crippen LogP contribution in [0.15, 0.2) is 61.2 Å². The number of halogens is 1. The fourth-order valence-electron chi connectivity index (χ4n) is 2.55.